The molecule has 1 rings (SSSR count). The second-order valence-corrected chi connectivity index (χ2v) is 4.35. The maximum atomic E-state index is 13.4. The van der Waals surface area contributed by atoms with Crippen molar-refractivity contribution in [2.45, 2.75) is 17.9 Å². The molecule has 2 N–H and O–H groups in total. The van der Waals surface area contributed by atoms with Gasteiger partial charge < -0.3 is 10.2 Å². The van der Waals surface area contributed by atoms with Gasteiger partial charge in [0.15, 0.2) is 5.78 Å². The summed E-state index contributed by atoms with van der Waals surface area (Å²) in [4.78, 5) is 11.5. The van der Waals surface area contributed by atoms with E-state index in [9.17, 15) is 9.18 Å². The van der Waals surface area contributed by atoms with Crippen molar-refractivity contribution in [1.82, 2.24) is 0 Å². The Labute approximate surface area is 97.3 Å². The molecule has 0 radical (unpaired) electrons. The minimum Gasteiger partial charge on any atom is -0.394 e. The van der Waals surface area contributed by atoms with E-state index in [0.29, 0.717) is 5.56 Å². The highest BCUT2D eigenvalue weighted by molar-refractivity contribution is 7.99. The molecule has 0 amide bonds. The van der Waals surface area contributed by atoms with Crippen molar-refractivity contribution in [3.8, 4) is 0 Å². The Morgan fingerprint density at radius 3 is 2.81 bits per heavy atom. The molecular weight excluding hydrogens is 231 g/mol. The second-order valence-electron chi connectivity index (χ2n) is 3.32. The van der Waals surface area contributed by atoms with Gasteiger partial charge in [-0.25, -0.2) is 4.39 Å². The molecule has 0 spiro atoms. The number of aliphatic hydroxyl groups excluding tert-OH is 2. The Morgan fingerprint density at radius 2 is 2.25 bits per heavy atom. The maximum Gasteiger partial charge on any atom is 0.161 e. The zero-order chi connectivity index (χ0) is 12.1. The first-order chi connectivity index (χ1) is 7.56. The molecule has 1 unspecified atom stereocenters. The number of hydrogen-bond acceptors (Lipinski definition) is 4. The monoisotopic (exact) mass is 244 g/mol. The molecule has 0 saturated carbocycles. The minimum absolute atomic E-state index is 0.151. The van der Waals surface area contributed by atoms with Crippen molar-refractivity contribution in [2.75, 3.05) is 12.4 Å². The third-order valence-corrected chi connectivity index (χ3v) is 3.23. The van der Waals surface area contributed by atoms with E-state index in [1.807, 2.05) is 0 Å². The second kappa shape index (κ2) is 5.98. The SMILES string of the molecule is CC(=O)c1cccc(F)c1SCC(O)CO. The number of benzene rings is 1. The number of aliphatic hydroxyl groups is 2. The van der Waals surface area contributed by atoms with Gasteiger partial charge in [-0.05, 0) is 13.0 Å². The predicted molar refractivity (Wildman–Crippen MR) is 60.2 cm³/mol. The average molecular weight is 244 g/mol. The fourth-order valence-corrected chi connectivity index (χ4v) is 2.20. The third kappa shape index (κ3) is 3.30. The Bertz CT molecular complexity index is 381. The molecule has 0 aliphatic carbocycles. The zero-order valence-corrected chi connectivity index (χ0v) is 9.63. The van der Waals surface area contributed by atoms with Crippen LogP contribution in [0.2, 0.25) is 0 Å². The van der Waals surface area contributed by atoms with Gasteiger partial charge in [-0.1, -0.05) is 12.1 Å². The quantitative estimate of drug-likeness (QED) is 0.608. The molecule has 1 aromatic carbocycles. The molecule has 1 aromatic rings. The van der Waals surface area contributed by atoms with E-state index in [1.54, 1.807) is 6.07 Å². The van der Waals surface area contributed by atoms with E-state index in [4.69, 9.17) is 10.2 Å². The summed E-state index contributed by atoms with van der Waals surface area (Å²) in [6.07, 6.45) is -0.913. The lowest BCUT2D eigenvalue weighted by molar-refractivity contribution is 0.101. The molecule has 0 saturated heterocycles. The molecular formula is C11H13FO3S. The van der Waals surface area contributed by atoms with Gasteiger partial charge in [0.2, 0.25) is 0 Å². The van der Waals surface area contributed by atoms with Crippen LogP contribution in [-0.2, 0) is 0 Å². The summed E-state index contributed by atoms with van der Waals surface area (Å²) in [5.74, 6) is -0.555. The van der Waals surface area contributed by atoms with E-state index in [2.05, 4.69) is 0 Å². The Balaban J connectivity index is 2.88. The summed E-state index contributed by atoms with van der Waals surface area (Å²) >= 11 is 1.03. The van der Waals surface area contributed by atoms with Crippen LogP contribution in [0.4, 0.5) is 4.39 Å². The molecule has 5 heteroatoms. The van der Waals surface area contributed by atoms with Crippen molar-refractivity contribution in [1.29, 1.82) is 0 Å². The number of thioether (sulfide) groups is 1. The number of rotatable bonds is 5. The summed E-state index contributed by atoms with van der Waals surface area (Å²) in [6, 6.07) is 4.28. The molecule has 0 heterocycles. The number of Topliss-reactive ketones (excluding diaryl/α,β-unsaturated/α-hetero) is 1. The zero-order valence-electron chi connectivity index (χ0n) is 8.81. The maximum absolute atomic E-state index is 13.4. The van der Waals surface area contributed by atoms with Gasteiger partial charge in [-0.3, -0.25) is 4.79 Å². The molecule has 0 bridgehead atoms. The van der Waals surface area contributed by atoms with Crippen molar-refractivity contribution >= 4 is 17.5 Å². The van der Waals surface area contributed by atoms with Gasteiger partial charge >= 0.3 is 0 Å². The lowest BCUT2D eigenvalue weighted by atomic mass is 10.1. The number of hydrogen-bond donors (Lipinski definition) is 2. The van der Waals surface area contributed by atoms with Gasteiger partial charge in [0.05, 0.1) is 17.6 Å². The van der Waals surface area contributed by atoms with E-state index < -0.39 is 11.9 Å². The normalized spacial score (nSPS) is 12.5. The highest BCUT2D eigenvalue weighted by atomic mass is 32.2. The van der Waals surface area contributed by atoms with Crippen LogP contribution in [0.15, 0.2) is 23.1 Å². The molecule has 88 valence electrons. The van der Waals surface area contributed by atoms with Crippen LogP contribution in [0.5, 0.6) is 0 Å². The van der Waals surface area contributed by atoms with Crippen LogP contribution in [0.1, 0.15) is 17.3 Å². The number of carbonyl (C=O) groups is 1. The predicted octanol–water partition coefficient (Wildman–Crippen LogP) is 1.47. The van der Waals surface area contributed by atoms with Crippen LogP contribution < -0.4 is 0 Å². The van der Waals surface area contributed by atoms with Crippen molar-refractivity contribution in [3.63, 3.8) is 0 Å². The van der Waals surface area contributed by atoms with Gasteiger partial charge in [0, 0.05) is 11.3 Å². The Hall–Kier alpha value is -0.910. The summed E-state index contributed by atoms with van der Waals surface area (Å²) in [5, 5.41) is 17.8. The molecule has 3 nitrogen and oxygen atoms in total. The molecule has 0 aliphatic rings. The summed E-state index contributed by atoms with van der Waals surface area (Å²) < 4.78 is 13.4. The van der Waals surface area contributed by atoms with E-state index in [-0.39, 0.29) is 23.0 Å². The van der Waals surface area contributed by atoms with Crippen molar-refractivity contribution in [2.24, 2.45) is 0 Å². The van der Waals surface area contributed by atoms with Crippen LogP contribution in [0, 0.1) is 5.82 Å². The van der Waals surface area contributed by atoms with Crippen LogP contribution in [-0.4, -0.2) is 34.5 Å². The molecule has 1 atom stereocenters. The first-order valence-electron chi connectivity index (χ1n) is 4.77. The van der Waals surface area contributed by atoms with Gasteiger partial charge in [0.1, 0.15) is 5.82 Å². The summed E-state index contributed by atoms with van der Waals surface area (Å²) in [7, 11) is 0. The van der Waals surface area contributed by atoms with Crippen molar-refractivity contribution in [3.05, 3.63) is 29.6 Å². The van der Waals surface area contributed by atoms with E-state index in [1.165, 1.54) is 19.1 Å². The Kier molecular flexibility index (Phi) is 4.92. The highest BCUT2D eigenvalue weighted by Gasteiger charge is 2.14. The third-order valence-electron chi connectivity index (χ3n) is 1.98. The first-order valence-corrected chi connectivity index (χ1v) is 5.76. The molecule has 16 heavy (non-hydrogen) atoms. The van der Waals surface area contributed by atoms with Gasteiger partial charge in [0.25, 0.3) is 0 Å². The van der Waals surface area contributed by atoms with Crippen LogP contribution >= 0.6 is 11.8 Å². The largest absolute Gasteiger partial charge is 0.394 e. The van der Waals surface area contributed by atoms with Crippen LogP contribution in [0.25, 0.3) is 0 Å². The van der Waals surface area contributed by atoms with Crippen LogP contribution in [0.3, 0.4) is 0 Å². The minimum atomic E-state index is -0.913. The topological polar surface area (TPSA) is 57.5 Å². The molecule has 0 aromatic heterocycles. The highest BCUT2D eigenvalue weighted by Crippen LogP contribution is 2.26. The number of carbonyl (C=O) groups excluding carboxylic acids is 1. The molecule has 0 fully saturated rings. The number of ketones is 1. The van der Waals surface area contributed by atoms with E-state index in [0.717, 1.165) is 11.8 Å². The lowest BCUT2D eigenvalue weighted by Gasteiger charge is -2.10. The smallest absolute Gasteiger partial charge is 0.161 e. The standard InChI is InChI=1S/C11H13FO3S/c1-7(14)9-3-2-4-10(12)11(9)16-6-8(15)5-13/h2-4,8,13,15H,5-6H2,1H3. The summed E-state index contributed by atoms with van der Waals surface area (Å²) in [6.45, 7) is 0.984. The summed E-state index contributed by atoms with van der Waals surface area (Å²) in [5.41, 5.74) is 0.301. The average Bonchev–Trinajstić information content (AvgIpc) is 2.26. The van der Waals surface area contributed by atoms with Gasteiger partial charge in [-0.2, -0.15) is 0 Å². The van der Waals surface area contributed by atoms with E-state index >= 15 is 0 Å². The molecule has 0 aliphatic heterocycles. The number of halogens is 1. The van der Waals surface area contributed by atoms with Gasteiger partial charge in [-0.15, -0.1) is 11.8 Å². The first kappa shape index (κ1) is 13.2. The lowest BCUT2D eigenvalue weighted by Crippen LogP contribution is -2.15. The Morgan fingerprint density at radius 1 is 1.56 bits per heavy atom. The fraction of sp³-hybridized carbons (Fsp3) is 0.364. The van der Waals surface area contributed by atoms with Crippen molar-refractivity contribution < 1.29 is 19.4 Å². The fourth-order valence-electron chi connectivity index (χ4n) is 1.17.